The lowest BCUT2D eigenvalue weighted by Gasteiger charge is -2.20. The van der Waals surface area contributed by atoms with Gasteiger partial charge >= 0.3 is 6.18 Å². The summed E-state index contributed by atoms with van der Waals surface area (Å²) in [5.74, 6) is 0.417. The Kier molecular flexibility index (Phi) is 6.29. The molecule has 0 radical (unpaired) electrons. The van der Waals surface area contributed by atoms with Crippen molar-refractivity contribution in [2.24, 2.45) is 0 Å². The van der Waals surface area contributed by atoms with E-state index in [0.717, 1.165) is 3.97 Å². The molecule has 0 aliphatic carbocycles. The Bertz CT molecular complexity index is 1500. The second-order valence-corrected chi connectivity index (χ2v) is 11.0. The van der Waals surface area contributed by atoms with Gasteiger partial charge in [0.2, 0.25) is 0 Å². The minimum Gasteiger partial charge on any atom is -0.385 e. The molecule has 0 amide bonds. The van der Waals surface area contributed by atoms with Gasteiger partial charge in [0, 0.05) is 37.1 Å². The van der Waals surface area contributed by atoms with Crippen molar-refractivity contribution >= 4 is 32.1 Å². The maximum absolute atomic E-state index is 13.3. The molecule has 0 bridgehead atoms. The lowest BCUT2D eigenvalue weighted by molar-refractivity contribution is -0.136. The number of imidazole rings is 1. The largest absolute Gasteiger partial charge is 0.389 e. The Morgan fingerprint density at radius 2 is 1.94 bits per heavy atom. The van der Waals surface area contributed by atoms with E-state index in [1.807, 2.05) is 9.47 Å². The molecule has 4 aromatic rings. The van der Waals surface area contributed by atoms with Crippen molar-refractivity contribution in [1.29, 1.82) is 0 Å². The van der Waals surface area contributed by atoms with Crippen LogP contribution in [0.25, 0.3) is 22.1 Å². The van der Waals surface area contributed by atoms with Crippen molar-refractivity contribution in [3.63, 3.8) is 0 Å². The van der Waals surface area contributed by atoms with Crippen LogP contribution in [0.1, 0.15) is 44.2 Å². The van der Waals surface area contributed by atoms with Crippen LogP contribution in [-0.2, 0) is 10.0 Å². The summed E-state index contributed by atoms with van der Waals surface area (Å²) in [6, 6.07) is 9.60. The first-order chi connectivity index (χ1) is 17.1. The SMILES string of the molecule is C[C@@H](O)c1nc2cnc3c(ccn3S(=O)(=O)c3ccccc3)c2n1[C@H]1CCN(CCCC(F)(F)F)C1. The number of benzene rings is 1. The van der Waals surface area contributed by atoms with E-state index in [1.54, 1.807) is 31.2 Å². The minimum atomic E-state index is -4.18. The second kappa shape index (κ2) is 9.16. The van der Waals surface area contributed by atoms with Crippen LogP contribution < -0.4 is 0 Å². The third kappa shape index (κ3) is 4.48. The number of hydrogen-bond acceptors (Lipinski definition) is 6. The van der Waals surface area contributed by atoms with E-state index in [1.165, 1.54) is 24.5 Å². The highest BCUT2D eigenvalue weighted by atomic mass is 32.2. The highest BCUT2D eigenvalue weighted by Crippen LogP contribution is 2.35. The lowest BCUT2D eigenvalue weighted by Crippen LogP contribution is -2.24. The first-order valence-electron chi connectivity index (χ1n) is 11.7. The highest BCUT2D eigenvalue weighted by Gasteiger charge is 2.32. The van der Waals surface area contributed by atoms with E-state index >= 15 is 0 Å². The zero-order chi connectivity index (χ0) is 25.7. The van der Waals surface area contributed by atoms with E-state index in [9.17, 15) is 26.7 Å². The summed E-state index contributed by atoms with van der Waals surface area (Å²) in [6.07, 6.45) is -2.25. The quantitative estimate of drug-likeness (QED) is 0.391. The fraction of sp³-hybridized carbons (Fsp3) is 0.417. The Morgan fingerprint density at radius 3 is 2.64 bits per heavy atom. The molecule has 192 valence electrons. The monoisotopic (exact) mass is 521 g/mol. The molecule has 1 saturated heterocycles. The molecular formula is C24H26F3N5O3S. The topological polar surface area (TPSA) is 93.3 Å². The molecule has 1 fully saturated rings. The van der Waals surface area contributed by atoms with Gasteiger partial charge in [0.05, 0.1) is 16.6 Å². The molecule has 1 aliphatic rings. The van der Waals surface area contributed by atoms with Crippen LogP contribution in [-0.4, -0.2) is 62.7 Å². The van der Waals surface area contributed by atoms with Crippen LogP contribution in [0, 0.1) is 0 Å². The Morgan fingerprint density at radius 1 is 1.19 bits per heavy atom. The van der Waals surface area contributed by atoms with Gasteiger partial charge in [-0.15, -0.1) is 0 Å². The van der Waals surface area contributed by atoms with Crippen LogP contribution in [0.4, 0.5) is 13.2 Å². The second-order valence-electron chi connectivity index (χ2n) is 9.14. The number of halogens is 3. The number of rotatable bonds is 7. The lowest BCUT2D eigenvalue weighted by atomic mass is 10.2. The number of fused-ring (bicyclic) bond motifs is 3. The van der Waals surface area contributed by atoms with Crippen molar-refractivity contribution in [3.8, 4) is 0 Å². The van der Waals surface area contributed by atoms with Gasteiger partial charge in [-0.3, -0.25) is 0 Å². The van der Waals surface area contributed by atoms with Crippen LogP contribution in [0.3, 0.4) is 0 Å². The normalized spacial score (nSPS) is 18.4. The van der Waals surface area contributed by atoms with Crippen LogP contribution in [0.2, 0.25) is 0 Å². The van der Waals surface area contributed by atoms with E-state index in [4.69, 9.17) is 0 Å². The molecule has 0 spiro atoms. The van der Waals surface area contributed by atoms with E-state index in [0.29, 0.717) is 48.3 Å². The predicted molar refractivity (Wildman–Crippen MR) is 128 cm³/mol. The summed E-state index contributed by atoms with van der Waals surface area (Å²) in [4.78, 5) is 11.1. The molecule has 3 aromatic heterocycles. The zero-order valence-electron chi connectivity index (χ0n) is 19.6. The van der Waals surface area contributed by atoms with Crippen LogP contribution >= 0.6 is 0 Å². The average Bonchev–Trinajstić information content (AvgIpc) is 3.54. The summed E-state index contributed by atoms with van der Waals surface area (Å²) in [5, 5.41) is 11.0. The Balaban J connectivity index is 1.55. The molecule has 1 N–H and O–H groups in total. The number of hydrogen-bond donors (Lipinski definition) is 1. The molecular weight excluding hydrogens is 495 g/mol. The first-order valence-corrected chi connectivity index (χ1v) is 13.2. The van der Waals surface area contributed by atoms with Gasteiger partial charge in [0.25, 0.3) is 10.0 Å². The molecule has 1 aliphatic heterocycles. The van der Waals surface area contributed by atoms with Crippen molar-refractivity contribution in [1.82, 2.24) is 23.4 Å². The zero-order valence-corrected chi connectivity index (χ0v) is 20.4. The standard InChI is InChI=1S/C24H26F3N5O3S/c1-16(33)22-29-20-14-28-23-19(9-13-31(23)36(34,35)18-6-3-2-4-7-18)21(20)32(22)17-8-12-30(15-17)11-5-10-24(25,26)27/h2-4,6-7,9,13-14,16-17,33H,5,8,10-12,15H2,1H3/t16-,17+/m1/s1. The number of nitrogens with zero attached hydrogens (tertiary/aromatic N) is 5. The van der Waals surface area contributed by atoms with Gasteiger partial charge in [-0.05, 0) is 44.5 Å². The maximum Gasteiger partial charge on any atom is 0.389 e. The van der Waals surface area contributed by atoms with Crippen molar-refractivity contribution < 1.29 is 26.7 Å². The van der Waals surface area contributed by atoms with Gasteiger partial charge in [-0.25, -0.2) is 22.4 Å². The molecule has 4 heterocycles. The average molecular weight is 522 g/mol. The van der Waals surface area contributed by atoms with Gasteiger partial charge in [-0.1, -0.05) is 18.2 Å². The van der Waals surface area contributed by atoms with Gasteiger partial charge < -0.3 is 14.6 Å². The van der Waals surface area contributed by atoms with Crippen molar-refractivity contribution in [2.45, 2.75) is 49.4 Å². The highest BCUT2D eigenvalue weighted by molar-refractivity contribution is 7.90. The minimum absolute atomic E-state index is 0.0263. The summed E-state index contributed by atoms with van der Waals surface area (Å²) in [7, 11) is -3.89. The molecule has 5 rings (SSSR count). The van der Waals surface area contributed by atoms with E-state index in [-0.39, 0.29) is 23.0 Å². The number of aliphatic hydroxyl groups excluding tert-OH is 1. The number of alkyl halides is 3. The molecule has 12 heteroatoms. The molecule has 36 heavy (non-hydrogen) atoms. The number of aromatic nitrogens is 4. The Hall–Kier alpha value is -2.96. The van der Waals surface area contributed by atoms with E-state index in [2.05, 4.69) is 9.97 Å². The summed E-state index contributed by atoms with van der Waals surface area (Å²) in [6.45, 7) is 3.06. The predicted octanol–water partition coefficient (Wildman–Crippen LogP) is 4.27. The van der Waals surface area contributed by atoms with Crippen LogP contribution in [0.5, 0.6) is 0 Å². The van der Waals surface area contributed by atoms with Crippen molar-refractivity contribution in [2.75, 3.05) is 19.6 Å². The van der Waals surface area contributed by atoms with Crippen molar-refractivity contribution in [3.05, 3.63) is 54.6 Å². The smallest absolute Gasteiger partial charge is 0.385 e. The number of likely N-dealkylation sites (tertiary alicyclic amines) is 1. The molecule has 1 aromatic carbocycles. The third-order valence-corrected chi connectivity index (χ3v) is 8.26. The van der Waals surface area contributed by atoms with Gasteiger partial charge in [0.15, 0.2) is 5.65 Å². The summed E-state index contributed by atoms with van der Waals surface area (Å²) < 4.78 is 67.4. The number of aliphatic hydroxyl groups is 1. The summed E-state index contributed by atoms with van der Waals surface area (Å²) >= 11 is 0. The molecule has 8 nitrogen and oxygen atoms in total. The fourth-order valence-corrected chi connectivity index (χ4v) is 6.28. The van der Waals surface area contributed by atoms with Crippen LogP contribution in [0.15, 0.2) is 53.7 Å². The number of pyridine rings is 1. The van der Waals surface area contributed by atoms with Gasteiger partial charge in [-0.2, -0.15) is 13.2 Å². The Labute approximate surface area is 206 Å². The maximum atomic E-state index is 13.3. The molecule has 0 saturated carbocycles. The molecule has 0 unspecified atom stereocenters. The fourth-order valence-electron chi connectivity index (χ4n) is 4.96. The van der Waals surface area contributed by atoms with E-state index < -0.39 is 28.7 Å². The van der Waals surface area contributed by atoms with Gasteiger partial charge in [0.1, 0.15) is 17.4 Å². The summed E-state index contributed by atoms with van der Waals surface area (Å²) in [5.41, 5.74) is 1.41. The molecule has 2 atom stereocenters. The first kappa shape index (κ1) is 24.7. The third-order valence-electron chi connectivity index (χ3n) is 6.58.